The Morgan fingerprint density at radius 3 is 2.65 bits per heavy atom. The van der Waals surface area contributed by atoms with Gasteiger partial charge in [-0.05, 0) is 31.2 Å². The van der Waals surface area contributed by atoms with Crippen LogP contribution in [-0.2, 0) is 6.54 Å². The molecule has 2 rings (SSSR count). The molecular formula is C13H14FN3O3. The van der Waals surface area contributed by atoms with Crippen LogP contribution < -0.4 is 4.74 Å². The second-order valence-electron chi connectivity index (χ2n) is 3.96. The fourth-order valence-corrected chi connectivity index (χ4v) is 1.86. The first kappa shape index (κ1) is 14.0. The fraction of sp³-hybridized carbons (Fsp3) is 0.308. The van der Waals surface area contributed by atoms with Crippen molar-refractivity contribution in [1.82, 2.24) is 15.0 Å². The van der Waals surface area contributed by atoms with Gasteiger partial charge in [0.25, 0.3) is 0 Å². The van der Waals surface area contributed by atoms with Gasteiger partial charge < -0.3 is 9.84 Å². The topological polar surface area (TPSA) is 77.2 Å². The highest BCUT2D eigenvalue weighted by atomic mass is 19.1. The Bertz CT molecular complexity index is 595. The van der Waals surface area contributed by atoms with Gasteiger partial charge in [-0.1, -0.05) is 5.21 Å². The summed E-state index contributed by atoms with van der Waals surface area (Å²) in [5, 5.41) is 16.4. The van der Waals surface area contributed by atoms with E-state index in [0.717, 1.165) is 0 Å². The van der Waals surface area contributed by atoms with Crippen molar-refractivity contribution in [3.8, 4) is 17.0 Å². The van der Waals surface area contributed by atoms with Gasteiger partial charge in [-0.2, -0.15) is 0 Å². The summed E-state index contributed by atoms with van der Waals surface area (Å²) >= 11 is 0. The van der Waals surface area contributed by atoms with Crippen molar-refractivity contribution in [1.29, 1.82) is 0 Å². The zero-order valence-corrected chi connectivity index (χ0v) is 10.9. The molecule has 20 heavy (non-hydrogen) atoms. The van der Waals surface area contributed by atoms with E-state index in [1.807, 2.05) is 6.92 Å². The molecule has 0 amide bonds. The van der Waals surface area contributed by atoms with Gasteiger partial charge in [-0.3, -0.25) is 0 Å². The molecule has 0 fully saturated rings. The predicted octanol–water partition coefficient (Wildman–Crippen LogP) is 2.01. The Balaban J connectivity index is 2.43. The maximum Gasteiger partial charge on any atom is 0.358 e. The summed E-state index contributed by atoms with van der Waals surface area (Å²) in [6, 6.07) is 6.84. The first-order chi connectivity index (χ1) is 9.67. The average Bonchev–Trinajstić information content (AvgIpc) is 2.84. The molecule has 2 aromatic rings. The number of carbonyl (C=O) groups is 1. The van der Waals surface area contributed by atoms with Gasteiger partial charge in [0.2, 0.25) is 0 Å². The monoisotopic (exact) mass is 279 g/mol. The van der Waals surface area contributed by atoms with Crippen molar-refractivity contribution in [2.24, 2.45) is 0 Å². The van der Waals surface area contributed by atoms with E-state index < -0.39 is 12.6 Å². The first-order valence-corrected chi connectivity index (χ1v) is 6.13. The minimum Gasteiger partial charge on any atom is -0.494 e. The van der Waals surface area contributed by atoms with Crippen LogP contribution in [0, 0.1) is 0 Å². The molecule has 0 unspecified atom stereocenters. The van der Waals surface area contributed by atoms with E-state index >= 15 is 0 Å². The van der Waals surface area contributed by atoms with Crippen molar-refractivity contribution < 1.29 is 19.0 Å². The van der Waals surface area contributed by atoms with E-state index in [1.54, 1.807) is 24.3 Å². The largest absolute Gasteiger partial charge is 0.494 e. The number of rotatable bonds is 6. The number of carboxylic acid groups (broad SMARTS) is 1. The van der Waals surface area contributed by atoms with Gasteiger partial charge in [0.1, 0.15) is 18.1 Å². The van der Waals surface area contributed by atoms with Gasteiger partial charge in [-0.15, -0.1) is 5.10 Å². The zero-order chi connectivity index (χ0) is 14.5. The van der Waals surface area contributed by atoms with Crippen LogP contribution >= 0.6 is 0 Å². The van der Waals surface area contributed by atoms with Crippen LogP contribution in [0.25, 0.3) is 11.3 Å². The number of hydrogen-bond donors (Lipinski definition) is 1. The fourth-order valence-electron chi connectivity index (χ4n) is 1.86. The number of nitrogens with zero attached hydrogens (tertiary/aromatic N) is 3. The maximum absolute atomic E-state index is 12.5. The zero-order valence-electron chi connectivity index (χ0n) is 10.9. The smallest absolute Gasteiger partial charge is 0.358 e. The number of hydrogen-bond acceptors (Lipinski definition) is 4. The van der Waals surface area contributed by atoms with Crippen LogP contribution in [0.3, 0.4) is 0 Å². The van der Waals surface area contributed by atoms with Crippen LogP contribution in [-0.4, -0.2) is 39.4 Å². The number of halogens is 1. The second-order valence-corrected chi connectivity index (χ2v) is 3.96. The molecule has 0 aliphatic heterocycles. The van der Waals surface area contributed by atoms with E-state index in [-0.39, 0.29) is 17.9 Å². The van der Waals surface area contributed by atoms with Crippen molar-refractivity contribution in [3.05, 3.63) is 30.0 Å². The lowest BCUT2D eigenvalue weighted by Crippen LogP contribution is -2.06. The third-order valence-electron chi connectivity index (χ3n) is 2.67. The van der Waals surface area contributed by atoms with Gasteiger partial charge in [0.15, 0.2) is 5.69 Å². The molecule has 1 aromatic heterocycles. The number of aromatic nitrogens is 3. The average molecular weight is 279 g/mol. The van der Waals surface area contributed by atoms with E-state index in [9.17, 15) is 9.18 Å². The Morgan fingerprint density at radius 2 is 2.10 bits per heavy atom. The highest BCUT2D eigenvalue weighted by molar-refractivity contribution is 5.92. The van der Waals surface area contributed by atoms with Crippen LogP contribution in [0.15, 0.2) is 24.3 Å². The number of ether oxygens (including phenoxy) is 1. The third-order valence-corrected chi connectivity index (χ3v) is 2.67. The number of benzene rings is 1. The molecule has 0 atom stereocenters. The van der Waals surface area contributed by atoms with Crippen molar-refractivity contribution >= 4 is 5.97 Å². The van der Waals surface area contributed by atoms with E-state index in [4.69, 9.17) is 9.84 Å². The Hall–Kier alpha value is -2.44. The molecule has 1 aromatic carbocycles. The molecule has 0 bridgehead atoms. The van der Waals surface area contributed by atoms with Crippen LogP contribution in [0.2, 0.25) is 0 Å². The number of carboxylic acids is 1. The van der Waals surface area contributed by atoms with Crippen LogP contribution in [0.5, 0.6) is 5.75 Å². The highest BCUT2D eigenvalue weighted by Gasteiger charge is 2.20. The molecule has 0 spiro atoms. The molecule has 6 nitrogen and oxygen atoms in total. The maximum atomic E-state index is 12.5. The molecule has 1 N–H and O–H groups in total. The van der Waals surface area contributed by atoms with Gasteiger partial charge >= 0.3 is 5.97 Å². The number of alkyl halides is 1. The quantitative estimate of drug-likeness (QED) is 0.875. The molecule has 0 aliphatic rings. The summed E-state index contributed by atoms with van der Waals surface area (Å²) in [5.41, 5.74) is 0.699. The Kier molecular flexibility index (Phi) is 4.29. The molecule has 7 heteroatoms. The summed E-state index contributed by atoms with van der Waals surface area (Å²) in [7, 11) is 0. The van der Waals surface area contributed by atoms with Crippen molar-refractivity contribution in [2.75, 3.05) is 13.3 Å². The van der Waals surface area contributed by atoms with Gasteiger partial charge in [-0.25, -0.2) is 13.9 Å². The number of aromatic carboxylic acids is 1. The van der Waals surface area contributed by atoms with Crippen LogP contribution in [0.4, 0.5) is 4.39 Å². The summed E-state index contributed by atoms with van der Waals surface area (Å²) in [6.07, 6.45) is 0. The lowest BCUT2D eigenvalue weighted by Gasteiger charge is -2.07. The number of aryl methyl sites for hydroxylation is 1. The predicted molar refractivity (Wildman–Crippen MR) is 69.6 cm³/mol. The van der Waals surface area contributed by atoms with E-state index in [0.29, 0.717) is 17.9 Å². The molecule has 0 saturated heterocycles. The summed E-state index contributed by atoms with van der Waals surface area (Å²) in [5.74, 6) is -0.517. The molecule has 0 aliphatic carbocycles. The van der Waals surface area contributed by atoms with Gasteiger partial charge in [0, 0.05) is 5.56 Å². The standard InChI is InChI=1S/C13H14FN3O3/c1-2-20-10-5-3-9(4-6-10)12-11(13(18)19)15-16-17(12)8-7-14/h3-6H,2,7-8H2,1H3,(H,18,19). The third kappa shape index (κ3) is 2.76. The normalized spacial score (nSPS) is 10.5. The molecule has 1 heterocycles. The molecular weight excluding hydrogens is 265 g/mol. The minimum absolute atomic E-state index is 0.0389. The summed E-state index contributed by atoms with van der Waals surface area (Å²) < 4.78 is 19.1. The van der Waals surface area contributed by atoms with Crippen molar-refractivity contribution in [3.63, 3.8) is 0 Å². The summed E-state index contributed by atoms with van der Waals surface area (Å²) in [6.45, 7) is 1.73. The second kappa shape index (κ2) is 6.14. The molecule has 0 saturated carbocycles. The Morgan fingerprint density at radius 1 is 1.40 bits per heavy atom. The lowest BCUT2D eigenvalue weighted by atomic mass is 10.1. The van der Waals surface area contributed by atoms with E-state index in [1.165, 1.54) is 4.68 Å². The van der Waals surface area contributed by atoms with Gasteiger partial charge in [0.05, 0.1) is 13.2 Å². The minimum atomic E-state index is -1.20. The first-order valence-electron chi connectivity index (χ1n) is 6.13. The lowest BCUT2D eigenvalue weighted by molar-refractivity contribution is 0.0691. The molecule has 106 valence electrons. The SMILES string of the molecule is CCOc1ccc(-c2c(C(=O)O)nnn2CCF)cc1. The molecule has 0 radical (unpaired) electrons. The van der Waals surface area contributed by atoms with Crippen molar-refractivity contribution in [2.45, 2.75) is 13.5 Å². The van der Waals surface area contributed by atoms with Crippen LogP contribution in [0.1, 0.15) is 17.4 Å². The highest BCUT2D eigenvalue weighted by Crippen LogP contribution is 2.25. The van der Waals surface area contributed by atoms with E-state index in [2.05, 4.69) is 10.3 Å². The summed E-state index contributed by atoms with van der Waals surface area (Å²) in [4.78, 5) is 11.1. The Labute approximate surface area is 114 Å².